The van der Waals surface area contributed by atoms with Crippen LogP contribution in [0.5, 0.6) is 0 Å². The molecule has 5 rings (SSSR count). The molecule has 4 bridgehead atoms. The zero-order valence-electron chi connectivity index (χ0n) is 22.1. The van der Waals surface area contributed by atoms with Crippen LogP contribution >= 0.6 is 0 Å². The maximum atomic E-state index is 12.9. The van der Waals surface area contributed by atoms with E-state index in [9.17, 15) is 14.4 Å². The van der Waals surface area contributed by atoms with Crippen LogP contribution in [0.25, 0.3) is 0 Å². The minimum Gasteiger partial charge on any atom is -0.459 e. The zero-order chi connectivity index (χ0) is 26.2. The van der Waals surface area contributed by atoms with Gasteiger partial charge in [-0.3, -0.25) is 0 Å². The molecule has 4 saturated carbocycles. The predicted octanol–water partition coefficient (Wildman–Crippen LogP) is 5.10. The van der Waals surface area contributed by atoms with Crippen LogP contribution in [0.4, 0.5) is 9.59 Å². The van der Waals surface area contributed by atoms with E-state index in [0.717, 1.165) is 24.8 Å². The van der Waals surface area contributed by atoms with E-state index in [1.54, 1.807) is 20.8 Å². The summed E-state index contributed by atoms with van der Waals surface area (Å²) in [6.07, 6.45) is 5.13. The fourth-order valence-electron chi connectivity index (χ4n) is 7.45. The SMILES string of the molecule is CC12CC3CC(C)(C1)CC(NC(=O)OC[C@H](NC(=O)OC(C)(C)C)C(=O)OCc1ccccc1)(C3)C2. The number of hydrogen-bond donors (Lipinski definition) is 2. The molecule has 3 atom stereocenters. The average molecular weight is 501 g/mol. The maximum absolute atomic E-state index is 12.9. The summed E-state index contributed by atoms with van der Waals surface area (Å²) in [4.78, 5) is 38.1. The average Bonchev–Trinajstić information content (AvgIpc) is 2.71. The third kappa shape index (κ3) is 6.51. The van der Waals surface area contributed by atoms with Crippen LogP contribution in [0.1, 0.15) is 78.7 Å². The van der Waals surface area contributed by atoms with Crippen molar-refractivity contribution in [1.82, 2.24) is 10.6 Å². The Morgan fingerprint density at radius 1 is 0.944 bits per heavy atom. The second-order valence-corrected chi connectivity index (χ2v) is 12.9. The fourth-order valence-corrected chi connectivity index (χ4v) is 7.45. The Labute approximate surface area is 213 Å². The molecular formula is C28H40N2O6. The maximum Gasteiger partial charge on any atom is 0.408 e. The van der Waals surface area contributed by atoms with Crippen LogP contribution in [0, 0.1) is 16.7 Å². The Morgan fingerprint density at radius 3 is 2.17 bits per heavy atom. The van der Waals surface area contributed by atoms with Crippen LogP contribution in [0.2, 0.25) is 0 Å². The number of hydrogen-bond acceptors (Lipinski definition) is 6. The summed E-state index contributed by atoms with van der Waals surface area (Å²) < 4.78 is 16.2. The molecular weight excluding hydrogens is 460 g/mol. The van der Waals surface area contributed by atoms with Crippen molar-refractivity contribution in [2.45, 2.75) is 96.9 Å². The Hall–Kier alpha value is -2.77. The van der Waals surface area contributed by atoms with E-state index in [0.29, 0.717) is 5.92 Å². The minimum atomic E-state index is -1.19. The molecule has 0 saturated heterocycles. The molecule has 0 heterocycles. The van der Waals surface area contributed by atoms with Gasteiger partial charge in [-0.05, 0) is 81.6 Å². The van der Waals surface area contributed by atoms with E-state index in [-0.39, 0.29) is 29.6 Å². The summed E-state index contributed by atoms with van der Waals surface area (Å²) in [5.41, 5.74) is 0.268. The topological polar surface area (TPSA) is 103 Å². The number of ether oxygens (including phenoxy) is 3. The van der Waals surface area contributed by atoms with Crippen molar-refractivity contribution < 1.29 is 28.6 Å². The first-order chi connectivity index (χ1) is 16.8. The van der Waals surface area contributed by atoms with Gasteiger partial charge in [0.2, 0.25) is 0 Å². The number of alkyl carbamates (subject to hydrolysis) is 2. The van der Waals surface area contributed by atoms with Gasteiger partial charge in [0.1, 0.15) is 18.8 Å². The third-order valence-electron chi connectivity index (χ3n) is 7.57. The minimum absolute atomic E-state index is 0.0417. The molecule has 2 N–H and O–H groups in total. The van der Waals surface area contributed by atoms with Gasteiger partial charge in [0.25, 0.3) is 0 Å². The summed E-state index contributed by atoms with van der Waals surface area (Å²) >= 11 is 0. The second kappa shape index (κ2) is 9.60. The van der Waals surface area contributed by atoms with E-state index >= 15 is 0 Å². The number of benzene rings is 1. The van der Waals surface area contributed by atoms with E-state index in [1.165, 1.54) is 19.3 Å². The van der Waals surface area contributed by atoms with Crippen molar-refractivity contribution in [2.75, 3.05) is 6.61 Å². The van der Waals surface area contributed by atoms with Crippen LogP contribution in [-0.2, 0) is 25.6 Å². The molecule has 0 spiro atoms. The monoisotopic (exact) mass is 500 g/mol. The first kappa shape index (κ1) is 26.3. The summed E-state index contributed by atoms with van der Waals surface area (Å²) in [5, 5.41) is 5.66. The van der Waals surface area contributed by atoms with Crippen molar-refractivity contribution in [3.63, 3.8) is 0 Å². The van der Waals surface area contributed by atoms with Gasteiger partial charge in [-0.25, -0.2) is 14.4 Å². The molecule has 0 radical (unpaired) electrons. The molecule has 0 aliphatic heterocycles. The molecule has 4 aliphatic rings. The number of carbonyl (C=O) groups is 3. The number of amides is 2. The normalized spacial score (nSPS) is 31.3. The molecule has 198 valence electrons. The number of esters is 1. The first-order valence-electron chi connectivity index (χ1n) is 12.9. The molecule has 1 aromatic rings. The van der Waals surface area contributed by atoms with Crippen molar-refractivity contribution in [3.8, 4) is 0 Å². The molecule has 4 fully saturated rings. The van der Waals surface area contributed by atoms with Gasteiger partial charge < -0.3 is 24.8 Å². The molecule has 8 nitrogen and oxygen atoms in total. The Balaban J connectivity index is 1.37. The predicted molar refractivity (Wildman–Crippen MR) is 134 cm³/mol. The quantitative estimate of drug-likeness (QED) is 0.399. The second-order valence-electron chi connectivity index (χ2n) is 12.9. The number of carbonyl (C=O) groups excluding carboxylic acids is 3. The lowest BCUT2D eigenvalue weighted by Crippen LogP contribution is -2.65. The zero-order valence-corrected chi connectivity index (χ0v) is 22.1. The lowest BCUT2D eigenvalue weighted by molar-refractivity contribution is -0.148. The van der Waals surface area contributed by atoms with Crippen molar-refractivity contribution in [3.05, 3.63) is 35.9 Å². The van der Waals surface area contributed by atoms with Gasteiger partial charge >= 0.3 is 18.2 Å². The van der Waals surface area contributed by atoms with Crippen molar-refractivity contribution in [1.29, 1.82) is 0 Å². The highest BCUT2D eigenvalue weighted by Gasteiger charge is 2.60. The highest BCUT2D eigenvalue weighted by atomic mass is 16.6. The molecule has 2 unspecified atom stereocenters. The van der Waals surface area contributed by atoms with E-state index in [4.69, 9.17) is 14.2 Å². The summed E-state index contributed by atoms with van der Waals surface area (Å²) in [7, 11) is 0. The molecule has 1 aromatic carbocycles. The van der Waals surface area contributed by atoms with Gasteiger partial charge in [-0.15, -0.1) is 0 Å². The van der Waals surface area contributed by atoms with E-state index in [1.807, 2.05) is 30.3 Å². The molecule has 4 aliphatic carbocycles. The number of nitrogens with one attached hydrogen (secondary N) is 2. The molecule has 2 amide bonds. The van der Waals surface area contributed by atoms with Crippen LogP contribution < -0.4 is 10.6 Å². The van der Waals surface area contributed by atoms with Gasteiger partial charge in [-0.1, -0.05) is 44.2 Å². The first-order valence-corrected chi connectivity index (χ1v) is 12.9. The largest absolute Gasteiger partial charge is 0.459 e. The smallest absolute Gasteiger partial charge is 0.408 e. The summed E-state index contributed by atoms with van der Waals surface area (Å²) in [5.74, 6) is -0.0848. The van der Waals surface area contributed by atoms with E-state index < -0.39 is 29.8 Å². The van der Waals surface area contributed by atoms with Gasteiger partial charge in [0, 0.05) is 5.54 Å². The van der Waals surface area contributed by atoms with Crippen LogP contribution in [0.3, 0.4) is 0 Å². The lowest BCUT2D eigenvalue weighted by Gasteiger charge is -2.65. The summed E-state index contributed by atoms with van der Waals surface area (Å²) in [6.45, 7) is 9.54. The van der Waals surface area contributed by atoms with Crippen molar-refractivity contribution >= 4 is 18.2 Å². The number of rotatable bonds is 7. The van der Waals surface area contributed by atoms with Crippen molar-refractivity contribution in [2.24, 2.45) is 16.7 Å². The molecule has 0 aromatic heterocycles. The van der Waals surface area contributed by atoms with E-state index in [2.05, 4.69) is 24.5 Å². The Bertz CT molecular complexity index is 970. The summed E-state index contributed by atoms with van der Waals surface area (Å²) in [6, 6.07) is 8.03. The molecule has 8 heteroatoms. The standard InChI is InChI=1S/C28H40N2O6/c1-25(2,3)36-23(32)29-21(22(31)34-14-19-9-7-6-8-10-19)15-35-24(33)30-28-13-20-11-26(4,17-28)16-27(5,12-20)18-28/h6-10,20-21H,11-18H2,1-5H3,(H,29,32)(H,30,33)/t20?,21-,26?,27?,28?/m0/s1. The highest BCUT2D eigenvalue weighted by molar-refractivity contribution is 5.82. The van der Waals surface area contributed by atoms with Gasteiger partial charge in [0.05, 0.1) is 0 Å². The Morgan fingerprint density at radius 2 is 1.58 bits per heavy atom. The van der Waals surface area contributed by atoms with Crippen LogP contribution in [0.15, 0.2) is 30.3 Å². The third-order valence-corrected chi connectivity index (χ3v) is 7.57. The molecule has 36 heavy (non-hydrogen) atoms. The Kier molecular flexibility index (Phi) is 7.01. The lowest BCUT2D eigenvalue weighted by atomic mass is 9.43. The highest BCUT2D eigenvalue weighted by Crippen LogP contribution is 2.66. The van der Waals surface area contributed by atoms with Crippen LogP contribution in [-0.4, -0.2) is 41.9 Å². The fraction of sp³-hybridized carbons (Fsp3) is 0.679. The van der Waals surface area contributed by atoms with Gasteiger partial charge in [0.15, 0.2) is 6.04 Å². The van der Waals surface area contributed by atoms with Gasteiger partial charge in [-0.2, -0.15) is 0 Å².